The first-order valence-electron chi connectivity index (χ1n) is 13.2. The number of hydrogen-bond acceptors (Lipinski definition) is 5. The van der Waals surface area contributed by atoms with Gasteiger partial charge in [-0.05, 0) is 25.2 Å². The molecule has 0 radical (unpaired) electrons. The molecule has 1 aromatic heterocycles. The van der Waals surface area contributed by atoms with Crippen molar-refractivity contribution >= 4 is 23.7 Å². The molecule has 0 aliphatic heterocycles. The lowest BCUT2D eigenvalue weighted by Gasteiger charge is -2.19. The summed E-state index contributed by atoms with van der Waals surface area (Å²) in [5.74, 6) is -2.04. The second kappa shape index (κ2) is 17.6. The van der Waals surface area contributed by atoms with E-state index in [1.165, 1.54) is 69.5 Å². The molecule has 0 saturated carbocycles. The van der Waals surface area contributed by atoms with E-state index in [9.17, 15) is 19.8 Å². The predicted molar refractivity (Wildman–Crippen MR) is 142 cm³/mol. The van der Waals surface area contributed by atoms with Crippen molar-refractivity contribution in [3.63, 3.8) is 0 Å². The molecule has 35 heavy (non-hydrogen) atoms. The van der Waals surface area contributed by atoms with E-state index in [0.717, 1.165) is 12.8 Å². The fourth-order valence-electron chi connectivity index (χ4n) is 4.20. The number of carbonyl (C=O) groups is 2. The van der Waals surface area contributed by atoms with Crippen LogP contribution in [0, 0.1) is 0 Å². The monoisotopic (exact) mass is 510 g/mol. The van der Waals surface area contributed by atoms with Crippen LogP contribution in [-0.2, 0) is 11.8 Å². The standard InChI is InChI=1S/C27H46N2O5S/c1-5-6-7-8-9-10-11-12-13-14-15-16-17-22(21(30)18-19-23(31)32)35-27-28-24(26(33)34)25(20(2)3)29(27)4/h16-17,20-22,30H,5-15,18-19H2,1-4H3,(H,31,32)(H,33,34)/b17-16-. The van der Waals surface area contributed by atoms with Crippen LogP contribution in [-0.4, -0.2) is 48.2 Å². The number of aliphatic hydroxyl groups excluding tert-OH is 1. The zero-order valence-corrected chi connectivity index (χ0v) is 22.9. The number of rotatable bonds is 20. The smallest absolute Gasteiger partial charge is 0.356 e. The molecule has 0 fully saturated rings. The molecular weight excluding hydrogens is 464 g/mol. The Labute approximate surface area is 215 Å². The van der Waals surface area contributed by atoms with Gasteiger partial charge in [0.2, 0.25) is 0 Å². The lowest BCUT2D eigenvalue weighted by molar-refractivity contribution is -0.137. The Balaban J connectivity index is 2.66. The minimum atomic E-state index is -1.07. The molecule has 0 saturated heterocycles. The third-order valence-corrected chi connectivity index (χ3v) is 7.49. The lowest BCUT2D eigenvalue weighted by Crippen LogP contribution is -2.22. The Morgan fingerprint density at radius 2 is 1.57 bits per heavy atom. The first-order valence-corrected chi connectivity index (χ1v) is 14.1. The van der Waals surface area contributed by atoms with Crippen LogP contribution in [0.3, 0.4) is 0 Å². The van der Waals surface area contributed by atoms with Gasteiger partial charge in [-0.1, -0.05) is 102 Å². The molecule has 0 bridgehead atoms. The first kappa shape index (κ1) is 31.2. The highest BCUT2D eigenvalue weighted by Crippen LogP contribution is 2.31. The Bertz CT molecular complexity index is 791. The molecule has 0 aliphatic carbocycles. The quantitative estimate of drug-likeness (QED) is 0.100. The zero-order valence-electron chi connectivity index (χ0n) is 22.0. The zero-order chi connectivity index (χ0) is 26.2. The number of aliphatic carboxylic acids is 1. The molecule has 0 amide bonds. The van der Waals surface area contributed by atoms with Crippen molar-refractivity contribution < 1.29 is 24.9 Å². The summed E-state index contributed by atoms with van der Waals surface area (Å²) < 4.78 is 1.77. The second-order valence-electron chi connectivity index (χ2n) is 9.63. The highest BCUT2D eigenvalue weighted by atomic mass is 32.2. The highest BCUT2D eigenvalue weighted by molar-refractivity contribution is 8.00. The molecular formula is C27H46N2O5S. The second-order valence-corrected chi connectivity index (χ2v) is 10.8. The number of nitrogens with zero attached hydrogens (tertiary/aromatic N) is 2. The fourth-order valence-corrected chi connectivity index (χ4v) is 5.32. The first-order chi connectivity index (χ1) is 16.7. The van der Waals surface area contributed by atoms with E-state index in [-0.39, 0.29) is 24.5 Å². The van der Waals surface area contributed by atoms with Gasteiger partial charge < -0.3 is 19.9 Å². The summed E-state index contributed by atoms with van der Waals surface area (Å²) in [5.41, 5.74) is 0.659. The minimum Gasteiger partial charge on any atom is -0.481 e. The van der Waals surface area contributed by atoms with Crippen LogP contribution in [0.4, 0.5) is 0 Å². The molecule has 2 unspecified atom stereocenters. The van der Waals surface area contributed by atoms with Crippen molar-refractivity contribution in [1.29, 1.82) is 0 Å². The van der Waals surface area contributed by atoms with Crippen LogP contribution in [0.2, 0.25) is 0 Å². The van der Waals surface area contributed by atoms with Gasteiger partial charge in [0, 0.05) is 13.5 Å². The average molecular weight is 511 g/mol. The van der Waals surface area contributed by atoms with Crippen molar-refractivity contribution in [2.45, 2.75) is 127 Å². The Kier molecular flexibility index (Phi) is 15.7. The maximum absolute atomic E-state index is 11.7. The van der Waals surface area contributed by atoms with E-state index in [1.54, 1.807) is 11.6 Å². The van der Waals surface area contributed by atoms with Gasteiger partial charge in [0.1, 0.15) is 0 Å². The molecule has 0 spiro atoms. The largest absolute Gasteiger partial charge is 0.481 e. The number of carboxylic acids is 2. The van der Waals surface area contributed by atoms with Gasteiger partial charge in [-0.15, -0.1) is 0 Å². The number of thioether (sulfide) groups is 1. The topological polar surface area (TPSA) is 113 Å². The van der Waals surface area contributed by atoms with Crippen LogP contribution < -0.4 is 0 Å². The molecule has 0 aromatic carbocycles. The Hall–Kier alpha value is -1.80. The number of aromatic carboxylic acids is 1. The molecule has 3 N–H and O–H groups in total. The Morgan fingerprint density at radius 1 is 1.00 bits per heavy atom. The molecule has 1 heterocycles. The summed E-state index contributed by atoms with van der Waals surface area (Å²) in [7, 11) is 1.78. The van der Waals surface area contributed by atoms with Gasteiger partial charge in [-0.25, -0.2) is 9.78 Å². The summed E-state index contributed by atoms with van der Waals surface area (Å²) in [4.78, 5) is 27.0. The summed E-state index contributed by atoms with van der Waals surface area (Å²) in [6.07, 6.45) is 16.8. The van der Waals surface area contributed by atoms with E-state index in [1.807, 2.05) is 19.9 Å². The lowest BCUT2D eigenvalue weighted by atomic mass is 10.1. The van der Waals surface area contributed by atoms with Crippen molar-refractivity contribution in [2.24, 2.45) is 7.05 Å². The number of allylic oxidation sites excluding steroid dienone is 1. The molecule has 8 heteroatoms. The summed E-state index contributed by atoms with van der Waals surface area (Å²) >= 11 is 1.29. The fraction of sp³-hybridized carbons (Fsp3) is 0.741. The number of aliphatic hydroxyl groups is 1. The van der Waals surface area contributed by atoms with Gasteiger partial charge in [-0.3, -0.25) is 4.79 Å². The molecule has 7 nitrogen and oxygen atoms in total. The van der Waals surface area contributed by atoms with Crippen LogP contribution in [0.1, 0.15) is 126 Å². The van der Waals surface area contributed by atoms with Crippen molar-refractivity contribution in [2.75, 3.05) is 0 Å². The van der Waals surface area contributed by atoms with Gasteiger partial charge in [0.15, 0.2) is 10.9 Å². The number of imidazole rings is 1. The minimum absolute atomic E-state index is 0.0183. The van der Waals surface area contributed by atoms with E-state index in [2.05, 4.69) is 18.0 Å². The molecule has 0 aliphatic rings. The third kappa shape index (κ3) is 12.1. The number of unbranched alkanes of at least 4 members (excludes halogenated alkanes) is 10. The summed E-state index contributed by atoms with van der Waals surface area (Å²) in [6, 6.07) is 0. The van der Waals surface area contributed by atoms with E-state index in [4.69, 9.17) is 5.11 Å². The summed E-state index contributed by atoms with van der Waals surface area (Å²) in [6.45, 7) is 6.08. The van der Waals surface area contributed by atoms with Gasteiger partial charge in [-0.2, -0.15) is 0 Å². The van der Waals surface area contributed by atoms with Crippen molar-refractivity contribution in [1.82, 2.24) is 9.55 Å². The van der Waals surface area contributed by atoms with Crippen molar-refractivity contribution in [3.8, 4) is 0 Å². The van der Waals surface area contributed by atoms with Crippen molar-refractivity contribution in [3.05, 3.63) is 23.5 Å². The van der Waals surface area contributed by atoms with Crippen LogP contribution >= 0.6 is 11.8 Å². The number of aromatic nitrogens is 2. The SMILES string of the molecule is CCCCCCCCCCCC/C=C\C(Sc1nc(C(=O)O)c(C(C)C)n1C)C(O)CCC(=O)O. The van der Waals surface area contributed by atoms with Gasteiger partial charge in [0.25, 0.3) is 0 Å². The third-order valence-electron chi connectivity index (χ3n) is 6.17. The van der Waals surface area contributed by atoms with Crippen LogP contribution in [0.5, 0.6) is 0 Å². The van der Waals surface area contributed by atoms with Gasteiger partial charge >= 0.3 is 11.9 Å². The Morgan fingerprint density at radius 3 is 2.06 bits per heavy atom. The van der Waals surface area contributed by atoms with Gasteiger partial charge in [0.05, 0.1) is 17.0 Å². The molecule has 200 valence electrons. The number of hydrogen-bond donors (Lipinski definition) is 3. The van der Waals surface area contributed by atoms with E-state index in [0.29, 0.717) is 10.9 Å². The molecule has 1 rings (SSSR count). The average Bonchev–Trinajstić information content (AvgIpc) is 3.13. The molecule has 2 atom stereocenters. The van der Waals surface area contributed by atoms with Crippen LogP contribution in [0.15, 0.2) is 17.3 Å². The van der Waals surface area contributed by atoms with Crippen LogP contribution in [0.25, 0.3) is 0 Å². The normalized spacial score (nSPS) is 13.5. The number of carboxylic acid groups (broad SMARTS) is 2. The maximum atomic E-state index is 11.7. The van der Waals surface area contributed by atoms with E-state index >= 15 is 0 Å². The summed E-state index contributed by atoms with van der Waals surface area (Å²) in [5, 5.41) is 29.4. The predicted octanol–water partition coefficient (Wildman–Crippen LogP) is 6.80. The molecule has 1 aromatic rings. The highest BCUT2D eigenvalue weighted by Gasteiger charge is 2.26. The maximum Gasteiger partial charge on any atom is 0.356 e. The van der Waals surface area contributed by atoms with E-state index < -0.39 is 23.3 Å².